The Labute approximate surface area is 175 Å². The van der Waals surface area contributed by atoms with Crippen molar-refractivity contribution in [1.29, 1.82) is 0 Å². The molecule has 0 atom stereocenters. The van der Waals surface area contributed by atoms with E-state index >= 15 is 0 Å². The molecule has 0 saturated carbocycles. The van der Waals surface area contributed by atoms with Crippen LogP contribution in [0.4, 0.5) is 18.9 Å². The van der Waals surface area contributed by atoms with Crippen LogP contribution >= 0.6 is 0 Å². The van der Waals surface area contributed by atoms with Crippen LogP contribution in [0.25, 0.3) is 11.0 Å². The van der Waals surface area contributed by atoms with Crippen LogP contribution in [-0.2, 0) is 16.4 Å². The molecule has 12 heteroatoms. The van der Waals surface area contributed by atoms with Gasteiger partial charge in [-0.25, -0.2) is 26.6 Å². The zero-order chi connectivity index (χ0) is 22.6. The third-order valence-corrected chi connectivity index (χ3v) is 5.70. The zero-order valence-corrected chi connectivity index (χ0v) is 17.2. The molecular formula is C19H19F3N4O4S. The van der Waals surface area contributed by atoms with Crippen molar-refractivity contribution >= 4 is 32.5 Å². The minimum absolute atomic E-state index is 0.0825. The van der Waals surface area contributed by atoms with Crippen molar-refractivity contribution in [3.8, 4) is 5.88 Å². The lowest BCUT2D eigenvalue weighted by atomic mass is 10.0. The first kappa shape index (κ1) is 22.5. The summed E-state index contributed by atoms with van der Waals surface area (Å²) in [6, 6.07) is 3.23. The van der Waals surface area contributed by atoms with Gasteiger partial charge in [0, 0.05) is 12.6 Å². The van der Waals surface area contributed by atoms with Crippen molar-refractivity contribution < 1.29 is 31.1 Å². The summed E-state index contributed by atoms with van der Waals surface area (Å²) in [4.78, 5) is 16.7. The molecule has 0 bridgehead atoms. The molecule has 2 N–H and O–H groups in total. The van der Waals surface area contributed by atoms with Gasteiger partial charge in [0.05, 0.1) is 22.4 Å². The second kappa shape index (κ2) is 9.33. The Kier molecular flexibility index (Phi) is 6.78. The van der Waals surface area contributed by atoms with E-state index in [2.05, 4.69) is 15.2 Å². The average Bonchev–Trinajstić information content (AvgIpc) is 3.11. The van der Waals surface area contributed by atoms with E-state index in [0.717, 1.165) is 12.1 Å². The summed E-state index contributed by atoms with van der Waals surface area (Å²) in [6.07, 6.45) is 1.20. The summed E-state index contributed by atoms with van der Waals surface area (Å²) in [5.74, 6) is -3.50. The number of H-pyrrole nitrogens is 1. The summed E-state index contributed by atoms with van der Waals surface area (Å²) in [5, 5.41) is 6.82. The molecule has 3 rings (SSSR count). The molecule has 0 radical (unpaired) electrons. The number of pyridine rings is 1. The number of aromatic nitrogens is 3. The number of carbonyl (C=O) groups excluding carboxylic acids is 1. The van der Waals surface area contributed by atoms with Gasteiger partial charge >= 0.3 is 0 Å². The Bertz CT molecular complexity index is 1210. The second-order valence-corrected chi connectivity index (χ2v) is 8.45. The number of nitrogens with one attached hydrogen (secondary N) is 2. The molecule has 0 fully saturated rings. The maximum Gasteiger partial charge on any atom is 0.242 e. The summed E-state index contributed by atoms with van der Waals surface area (Å²) in [7, 11) is -3.84. The smallest absolute Gasteiger partial charge is 0.242 e. The maximum absolute atomic E-state index is 14.8. The van der Waals surface area contributed by atoms with Crippen LogP contribution in [0.3, 0.4) is 0 Å². The molecule has 0 amide bonds. The van der Waals surface area contributed by atoms with Gasteiger partial charge in [-0.15, -0.1) is 5.10 Å². The summed E-state index contributed by atoms with van der Waals surface area (Å²) < 4.78 is 72.4. The van der Waals surface area contributed by atoms with E-state index in [4.69, 9.17) is 4.74 Å². The number of anilines is 1. The number of halogens is 3. The van der Waals surface area contributed by atoms with Crippen LogP contribution in [0, 0.1) is 11.6 Å². The van der Waals surface area contributed by atoms with E-state index in [1.165, 1.54) is 12.3 Å². The number of ether oxygens (including phenoxy) is 1. The molecule has 166 valence electrons. The van der Waals surface area contributed by atoms with E-state index < -0.39 is 51.8 Å². The lowest BCUT2D eigenvalue weighted by molar-refractivity contribution is 0.0985. The molecule has 0 saturated heterocycles. The predicted octanol–water partition coefficient (Wildman–Crippen LogP) is 3.16. The summed E-state index contributed by atoms with van der Waals surface area (Å²) in [6.45, 7) is 0.686. The Morgan fingerprint density at radius 2 is 2.06 bits per heavy atom. The monoisotopic (exact) mass is 456 g/mol. The van der Waals surface area contributed by atoms with Crippen molar-refractivity contribution in [2.45, 2.75) is 19.8 Å². The third kappa shape index (κ3) is 5.13. The van der Waals surface area contributed by atoms with E-state index in [1.54, 1.807) is 6.92 Å². The fourth-order valence-electron chi connectivity index (χ4n) is 2.91. The Morgan fingerprint density at radius 3 is 2.77 bits per heavy atom. The van der Waals surface area contributed by atoms with Crippen LogP contribution in [0.2, 0.25) is 0 Å². The van der Waals surface area contributed by atoms with Crippen molar-refractivity contribution in [2.24, 2.45) is 0 Å². The number of alkyl halides is 1. The first-order chi connectivity index (χ1) is 14.8. The highest BCUT2D eigenvalue weighted by atomic mass is 32.2. The molecule has 2 aromatic heterocycles. The molecule has 8 nitrogen and oxygen atoms in total. The van der Waals surface area contributed by atoms with Gasteiger partial charge in [0.15, 0.2) is 17.2 Å². The maximum atomic E-state index is 14.8. The largest absolute Gasteiger partial charge is 0.473 e. The number of nitrogens with zero attached hydrogens (tertiary/aromatic N) is 2. The minimum atomic E-state index is -3.84. The molecule has 0 aliphatic rings. The van der Waals surface area contributed by atoms with Crippen LogP contribution < -0.4 is 9.46 Å². The van der Waals surface area contributed by atoms with Gasteiger partial charge in [0.25, 0.3) is 0 Å². The third-order valence-electron chi connectivity index (χ3n) is 4.23. The summed E-state index contributed by atoms with van der Waals surface area (Å²) in [5.41, 5.74) is -0.740. The number of Topliss-reactive ketones (excluding diaryl/α,β-unsaturated/α-hetero) is 1. The fourth-order valence-corrected chi connectivity index (χ4v) is 4.05. The van der Waals surface area contributed by atoms with E-state index in [-0.39, 0.29) is 18.2 Å². The van der Waals surface area contributed by atoms with Crippen molar-refractivity contribution in [3.05, 3.63) is 47.2 Å². The number of rotatable bonds is 10. The number of fused-ring (bicyclic) bond motifs is 1. The van der Waals surface area contributed by atoms with Crippen LogP contribution in [0.15, 0.2) is 24.4 Å². The molecular weight excluding hydrogens is 437 g/mol. The molecule has 31 heavy (non-hydrogen) atoms. The minimum Gasteiger partial charge on any atom is -0.473 e. The van der Waals surface area contributed by atoms with Gasteiger partial charge in [-0.2, -0.15) is 0 Å². The average molecular weight is 456 g/mol. The van der Waals surface area contributed by atoms with E-state index in [9.17, 15) is 26.4 Å². The van der Waals surface area contributed by atoms with E-state index in [1.807, 2.05) is 4.72 Å². The number of carbonyl (C=O) groups is 1. The number of hydrogen-bond donors (Lipinski definition) is 2. The number of ketones is 1. The summed E-state index contributed by atoms with van der Waals surface area (Å²) >= 11 is 0. The van der Waals surface area contributed by atoms with Crippen molar-refractivity contribution in [2.75, 3.05) is 23.8 Å². The highest BCUT2D eigenvalue weighted by molar-refractivity contribution is 7.92. The quantitative estimate of drug-likeness (QED) is 0.453. The Balaban J connectivity index is 1.88. The molecule has 0 aliphatic carbocycles. The van der Waals surface area contributed by atoms with E-state index in [0.29, 0.717) is 23.0 Å². The molecule has 2 heterocycles. The SMILES string of the molecule is CCCS(=O)(=O)Nc1ccc(F)c(C(=O)Cc2cnc3[nH]nc(OCCF)c3c2)c1F. The molecule has 0 unspecified atom stereocenters. The van der Waals surface area contributed by atoms with Gasteiger partial charge in [0.2, 0.25) is 15.9 Å². The van der Waals surface area contributed by atoms with Gasteiger partial charge in [-0.1, -0.05) is 6.92 Å². The molecule has 1 aromatic carbocycles. The lowest BCUT2D eigenvalue weighted by Crippen LogP contribution is -2.19. The lowest BCUT2D eigenvalue weighted by Gasteiger charge is -2.11. The van der Waals surface area contributed by atoms with Crippen molar-refractivity contribution in [3.63, 3.8) is 0 Å². The second-order valence-electron chi connectivity index (χ2n) is 6.61. The first-order valence-electron chi connectivity index (χ1n) is 9.29. The molecule has 3 aromatic rings. The highest BCUT2D eigenvalue weighted by Gasteiger charge is 2.23. The number of hydrogen-bond acceptors (Lipinski definition) is 6. The standard InChI is InChI=1S/C19H19F3N4O4S/c1-2-7-31(28,29)26-14-4-3-13(21)16(17(14)22)15(27)9-11-8-12-18(23-10-11)24-25-19(12)30-6-5-20/h3-4,8,10,26H,2,5-7,9H2,1H3,(H,23,24,25). The van der Waals surface area contributed by atoms with Gasteiger partial charge in [-0.05, 0) is 30.2 Å². The topological polar surface area (TPSA) is 114 Å². The van der Waals surface area contributed by atoms with Gasteiger partial charge in [-0.3, -0.25) is 14.6 Å². The van der Waals surface area contributed by atoms with Crippen molar-refractivity contribution in [1.82, 2.24) is 15.2 Å². The molecule has 0 aliphatic heterocycles. The highest BCUT2D eigenvalue weighted by Crippen LogP contribution is 2.26. The van der Waals surface area contributed by atoms with Crippen LogP contribution in [-0.4, -0.2) is 48.4 Å². The van der Waals surface area contributed by atoms with Crippen LogP contribution in [0.5, 0.6) is 5.88 Å². The zero-order valence-electron chi connectivity index (χ0n) is 16.4. The Hall–Kier alpha value is -3.15. The fraction of sp³-hybridized carbons (Fsp3) is 0.316. The number of sulfonamides is 1. The first-order valence-corrected chi connectivity index (χ1v) is 10.9. The number of aromatic amines is 1. The predicted molar refractivity (Wildman–Crippen MR) is 107 cm³/mol. The number of benzene rings is 1. The van der Waals surface area contributed by atoms with Crippen LogP contribution in [0.1, 0.15) is 29.3 Å². The van der Waals surface area contributed by atoms with Gasteiger partial charge in [0.1, 0.15) is 19.1 Å². The molecule has 0 spiro atoms. The Morgan fingerprint density at radius 1 is 1.29 bits per heavy atom. The normalized spacial score (nSPS) is 11.6. The van der Waals surface area contributed by atoms with Gasteiger partial charge < -0.3 is 4.74 Å².